The highest BCUT2D eigenvalue weighted by Gasteiger charge is 2.32. The van der Waals surface area contributed by atoms with Crippen LogP contribution in [0.2, 0.25) is 0 Å². The number of rotatable bonds is 0. The van der Waals surface area contributed by atoms with E-state index in [1.165, 1.54) is 38.9 Å². The maximum atomic E-state index is 10.5. The van der Waals surface area contributed by atoms with Crippen molar-refractivity contribution in [3.8, 4) is 11.1 Å². The van der Waals surface area contributed by atoms with Crippen LogP contribution in [0.1, 0.15) is 45.5 Å². The summed E-state index contributed by atoms with van der Waals surface area (Å²) in [6.45, 7) is 4.20. The molecular formula is C18H19NO. The Morgan fingerprint density at radius 3 is 2.25 bits per heavy atom. The highest BCUT2D eigenvalue weighted by molar-refractivity contribution is 5.82. The Bertz CT molecular complexity index is 678. The summed E-state index contributed by atoms with van der Waals surface area (Å²) in [6.07, 6.45) is 1.21. The van der Waals surface area contributed by atoms with Crippen LogP contribution in [0.4, 0.5) is 0 Å². The molecule has 0 bridgehead atoms. The van der Waals surface area contributed by atoms with Gasteiger partial charge < -0.3 is 10.8 Å². The maximum absolute atomic E-state index is 10.5. The van der Waals surface area contributed by atoms with Crippen molar-refractivity contribution < 1.29 is 5.11 Å². The number of aryl methyl sites for hydroxylation is 2. The molecule has 2 nitrogen and oxygen atoms in total. The van der Waals surface area contributed by atoms with Gasteiger partial charge in [0, 0.05) is 12.5 Å². The first-order valence-electron chi connectivity index (χ1n) is 7.25. The van der Waals surface area contributed by atoms with Crippen molar-refractivity contribution in [2.75, 3.05) is 0 Å². The average molecular weight is 265 g/mol. The van der Waals surface area contributed by atoms with Gasteiger partial charge in [0.15, 0.2) is 0 Å². The zero-order valence-corrected chi connectivity index (χ0v) is 11.9. The third-order valence-corrected chi connectivity index (χ3v) is 4.65. The van der Waals surface area contributed by atoms with Gasteiger partial charge in [0.2, 0.25) is 0 Å². The fraction of sp³-hybridized carbons (Fsp3) is 0.333. The molecule has 20 heavy (non-hydrogen) atoms. The van der Waals surface area contributed by atoms with E-state index in [2.05, 4.69) is 38.1 Å². The molecule has 2 atom stereocenters. The molecule has 102 valence electrons. The molecule has 2 aliphatic carbocycles. The molecule has 0 radical (unpaired) electrons. The van der Waals surface area contributed by atoms with E-state index in [0.717, 1.165) is 18.4 Å². The molecular weight excluding hydrogens is 246 g/mol. The Labute approximate surface area is 119 Å². The van der Waals surface area contributed by atoms with Crippen LogP contribution >= 0.6 is 0 Å². The van der Waals surface area contributed by atoms with Gasteiger partial charge in [0.25, 0.3) is 0 Å². The third-order valence-electron chi connectivity index (χ3n) is 4.65. The molecule has 0 fully saturated rings. The fourth-order valence-electron chi connectivity index (χ4n) is 3.94. The van der Waals surface area contributed by atoms with E-state index in [4.69, 9.17) is 5.73 Å². The molecule has 0 heterocycles. The highest BCUT2D eigenvalue weighted by Crippen LogP contribution is 2.48. The Balaban J connectivity index is 2.13. The van der Waals surface area contributed by atoms with Crippen LogP contribution in [0, 0.1) is 13.8 Å². The summed E-state index contributed by atoms with van der Waals surface area (Å²) < 4.78 is 0. The second kappa shape index (κ2) is 3.94. The Morgan fingerprint density at radius 1 is 0.900 bits per heavy atom. The monoisotopic (exact) mass is 265 g/mol. The first-order chi connectivity index (χ1) is 9.54. The lowest BCUT2D eigenvalue weighted by atomic mass is 9.72. The van der Waals surface area contributed by atoms with Gasteiger partial charge in [0.1, 0.15) is 0 Å². The van der Waals surface area contributed by atoms with E-state index in [1.54, 1.807) is 0 Å². The van der Waals surface area contributed by atoms with Gasteiger partial charge in [0.05, 0.1) is 6.10 Å². The zero-order chi connectivity index (χ0) is 14.0. The van der Waals surface area contributed by atoms with Gasteiger partial charge in [-0.2, -0.15) is 0 Å². The maximum Gasteiger partial charge on any atom is 0.0836 e. The second-order valence-electron chi connectivity index (χ2n) is 6.31. The van der Waals surface area contributed by atoms with Crippen LogP contribution in [-0.2, 0) is 12.8 Å². The lowest BCUT2D eigenvalue weighted by Crippen LogP contribution is -2.24. The summed E-state index contributed by atoms with van der Waals surface area (Å²) in [5.41, 5.74) is 16.3. The first-order valence-corrected chi connectivity index (χ1v) is 7.25. The third kappa shape index (κ3) is 1.52. The second-order valence-corrected chi connectivity index (χ2v) is 6.31. The van der Waals surface area contributed by atoms with Crippen molar-refractivity contribution in [3.05, 3.63) is 57.6 Å². The Hall–Kier alpha value is -1.64. The van der Waals surface area contributed by atoms with Crippen molar-refractivity contribution in [2.45, 2.75) is 38.8 Å². The molecule has 4 rings (SSSR count). The molecule has 2 heteroatoms. The zero-order valence-electron chi connectivity index (χ0n) is 11.9. The van der Waals surface area contributed by atoms with Gasteiger partial charge in [-0.1, -0.05) is 35.4 Å². The summed E-state index contributed by atoms with van der Waals surface area (Å²) >= 11 is 0. The molecule has 0 saturated heterocycles. The molecule has 2 aliphatic rings. The summed E-state index contributed by atoms with van der Waals surface area (Å²) in [6, 6.07) is 8.81. The van der Waals surface area contributed by atoms with Crippen molar-refractivity contribution in [1.29, 1.82) is 0 Å². The molecule has 0 amide bonds. The predicted octanol–water partition coefficient (Wildman–Crippen LogP) is 3.12. The molecule has 0 aliphatic heterocycles. The van der Waals surface area contributed by atoms with Crippen LogP contribution in [0.3, 0.4) is 0 Å². The molecule has 2 aromatic rings. The smallest absolute Gasteiger partial charge is 0.0836 e. The van der Waals surface area contributed by atoms with Crippen molar-refractivity contribution in [1.82, 2.24) is 0 Å². The van der Waals surface area contributed by atoms with E-state index >= 15 is 0 Å². The quantitative estimate of drug-likeness (QED) is 0.769. The average Bonchev–Trinajstić information content (AvgIpc) is 2.37. The number of hydrogen-bond donors (Lipinski definition) is 2. The summed E-state index contributed by atoms with van der Waals surface area (Å²) in [5, 5.41) is 10.5. The van der Waals surface area contributed by atoms with Crippen LogP contribution in [0.25, 0.3) is 11.1 Å². The summed E-state index contributed by atoms with van der Waals surface area (Å²) in [4.78, 5) is 0. The van der Waals surface area contributed by atoms with Gasteiger partial charge in [-0.25, -0.2) is 0 Å². The van der Waals surface area contributed by atoms with Crippen molar-refractivity contribution in [2.24, 2.45) is 5.73 Å². The summed E-state index contributed by atoms with van der Waals surface area (Å²) in [5.74, 6) is 0. The molecule has 0 spiro atoms. The van der Waals surface area contributed by atoms with Crippen LogP contribution < -0.4 is 5.73 Å². The van der Waals surface area contributed by atoms with Gasteiger partial charge >= 0.3 is 0 Å². The number of aliphatic hydroxyl groups excluding tert-OH is 1. The van der Waals surface area contributed by atoms with Gasteiger partial charge in [-0.05, 0) is 53.6 Å². The molecule has 0 saturated carbocycles. The lowest BCUT2D eigenvalue weighted by molar-refractivity contribution is 0.177. The number of benzene rings is 2. The van der Waals surface area contributed by atoms with E-state index in [-0.39, 0.29) is 6.04 Å². The van der Waals surface area contributed by atoms with Crippen LogP contribution in [-0.4, -0.2) is 5.11 Å². The molecule has 0 aromatic heterocycles. The SMILES string of the molecule is Cc1cc2c3c(c1)CC(O)c1cc(C)cc(c1-3)C(N)C2. The standard InChI is InChI=1S/C18H19NO/c1-9-3-11-7-15(19)13-5-10(2)6-14-16(20)8-12(4-9)17(11)18(13)14/h3-6,15-16,20H,7-8,19H2,1-2H3. The van der Waals surface area contributed by atoms with Gasteiger partial charge in [-0.3, -0.25) is 0 Å². The van der Waals surface area contributed by atoms with E-state index < -0.39 is 6.10 Å². The highest BCUT2D eigenvalue weighted by atomic mass is 16.3. The minimum Gasteiger partial charge on any atom is -0.388 e. The van der Waals surface area contributed by atoms with Gasteiger partial charge in [-0.15, -0.1) is 0 Å². The number of aliphatic hydroxyl groups is 1. The van der Waals surface area contributed by atoms with E-state index in [0.29, 0.717) is 0 Å². The minimum absolute atomic E-state index is 0.0381. The minimum atomic E-state index is -0.406. The van der Waals surface area contributed by atoms with Crippen LogP contribution in [0.15, 0.2) is 24.3 Å². The molecule has 3 N–H and O–H groups in total. The first kappa shape index (κ1) is 12.1. The topological polar surface area (TPSA) is 46.2 Å². The van der Waals surface area contributed by atoms with E-state index in [1.807, 2.05) is 0 Å². The van der Waals surface area contributed by atoms with E-state index in [9.17, 15) is 5.11 Å². The summed E-state index contributed by atoms with van der Waals surface area (Å²) in [7, 11) is 0. The normalized spacial score (nSPS) is 22.6. The van der Waals surface area contributed by atoms with Crippen molar-refractivity contribution >= 4 is 0 Å². The predicted molar refractivity (Wildman–Crippen MR) is 80.6 cm³/mol. The van der Waals surface area contributed by atoms with Crippen molar-refractivity contribution in [3.63, 3.8) is 0 Å². The number of hydrogen-bond acceptors (Lipinski definition) is 2. The Kier molecular flexibility index (Phi) is 2.39. The Morgan fingerprint density at radius 2 is 1.50 bits per heavy atom. The number of nitrogens with two attached hydrogens (primary N) is 1. The molecule has 2 aromatic carbocycles. The lowest BCUT2D eigenvalue weighted by Gasteiger charge is -2.35. The fourth-order valence-corrected chi connectivity index (χ4v) is 3.94. The molecule has 2 unspecified atom stereocenters. The largest absolute Gasteiger partial charge is 0.388 e. The van der Waals surface area contributed by atoms with Crippen LogP contribution in [0.5, 0.6) is 0 Å².